The van der Waals surface area contributed by atoms with E-state index in [1.165, 1.54) is 23.1 Å². The van der Waals surface area contributed by atoms with Crippen LogP contribution in [0.4, 0.5) is 10.3 Å². The third-order valence-electron chi connectivity index (χ3n) is 3.32. The lowest BCUT2D eigenvalue weighted by molar-refractivity contribution is 0.599. The van der Waals surface area contributed by atoms with Gasteiger partial charge in [0.05, 0.1) is 17.9 Å². The number of aromatic nitrogens is 5. The maximum absolute atomic E-state index is 13.2. The van der Waals surface area contributed by atoms with Gasteiger partial charge in [-0.1, -0.05) is 12.1 Å². The molecule has 0 aliphatic carbocycles. The number of nitrogens with one attached hydrogen (secondary N) is 2. The summed E-state index contributed by atoms with van der Waals surface area (Å²) < 4.78 is 41.7. The van der Waals surface area contributed by atoms with Crippen molar-refractivity contribution in [2.75, 3.05) is 4.72 Å². The quantitative estimate of drug-likeness (QED) is 0.727. The highest BCUT2D eigenvalue weighted by Crippen LogP contribution is 2.19. The van der Waals surface area contributed by atoms with E-state index in [9.17, 15) is 12.8 Å². The number of anilines is 1. The van der Waals surface area contributed by atoms with Crippen LogP contribution in [0.15, 0.2) is 35.5 Å². The number of halogens is 1. The van der Waals surface area contributed by atoms with Gasteiger partial charge >= 0.3 is 0 Å². The van der Waals surface area contributed by atoms with Gasteiger partial charge < -0.3 is 0 Å². The van der Waals surface area contributed by atoms with E-state index < -0.39 is 10.0 Å². The average Bonchev–Trinajstić information content (AvgIpc) is 3.05. The first-order chi connectivity index (χ1) is 11.3. The van der Waals surface area contributed by atoms with Gasteiger partial charge in [-0.2, -0.15) is 10.1 Å². The topological polar surface area (TPSA) is 106 Å². The van der Waals surface area contributed by atoms with Crippen molar-refractivity contribution in [3.05, 3.63) is 53.4 Å². The average molecular weight is 350 g/mol. The van der Waals surface area contributed by atoms with Gasteiger partial charge in [-0.15, -0.1) is 5.10 Å². The highest BCUT2D eigenvalue weighted by molar-refractivity contribution is 7.92. The molecule has 0 unspecified atom stereocenters. The molecule has 3 aromatic rings. The fourth-order valence-electron chi connectivity index (χ4n) is 2.35. The Morgan fingerprint density at radius 3 is 2.79 bits per heavy atom. The third kappa shape index (κ3) is 3.27. The van der Waals surface area contributed by atoms with Crippen LogP contribution in [0.25, 0.3) is 0 Å². The first kappa shape index (κ1) is 16.1. The number of hydrogen-bond acceptors (Lipinski definition) is 5. The molecule has 0 fully saturated rings. The van der Waals surface area contributed by atoms with Crippen LogP contribution in [0, 0.1) is 19.7 Å². The molecule has 2 aromatic heterocycles. The molecule has 8 nitrogen and oxygen atoms in total. The molecule has 0 aliphatic heterocycles. The second kappa shape index (κ2) is 6.04. The summed E-state index contributed by atoms with van der Waals surface area (Å²) in [6.45, 7) is 3.48. The summed E-state index contributed by atoms with van der Waals surface area (Å²) in [4.78, 5) is 4.00. The second-order valence-corrected chi connectivity index (χ2v) is 6.88. The van der Waals surface area contributed by atoms with E-state index in [2.05, 4.69) is 25.0 Å². The Morgan fingerprint density at radius 1 is 1.33 bits per heavy atom. The molecule has 3 rings (SSSR count). The zero-order chi connectivity index (χ0) is 17.3. The molecular weight excluding hydrogens is 335 g/mol. The Morgan fingerprint density at radius 2 is 2.12 bits per heavy atom. The Labute approximate surface area is 137 Å². The van der Waals surface area contributed by atoms with Crippen LogP contribution in [-0.2, 0) is 16.6 Å². The standard InChI is InChI=1S/C14H15FN6O2S/c1-9-13(10(2)18-17-9)24(22,23)20-14-16-8-21(19-14)7-11-4-3-5-12(15)6-11/h3-6,8H,7H2,1-2H3,(H,17,18)(H,19,20). The van der Waals surface area contributed by atoms with Gasteiger partial charge in [0.15, 0.2) is 0 Å². The first-order valence-electron chi connectivity index (χ1n) is 7.03. The van der Waals surface area contributed by atoms with E-state index in [1.807, 2.05) is 0 Å². The van der Waals surface area contributed by atoms with E-state index in [4.69, 9.17) is 0 Å². The molecule has 0 amide bonds. The van der Waals surface area contributed by atoms with Gasteiger partial charge in [0.1, 0.15) is 17.0 Å². The molecule has 0 saturated carbocycles. The Balaban J connectivity index is 1.79. The van der Waals surface area contributed by atoms with Crippen LogP contribution >= 0.6 is 0 Å². The summed E-state index contributed by atoms with van der Waals surface area (Å²) >= 11 is 0. The summed E-state index contributed by atoms with van der Waals surface area (Å²) in [5.41, 5.74) is 1.48. The lowest BCUT2D eigenvalue weighted by Gasteiger charge is -2.04. The van der Waals surface area contributed by atoms with Crippen molar-refractivity contribution in [3.8, 4) is 0 Å². The second-order valence-electron chi connectivity index (χ2n) is 5.26. The lowest BCUT2D eigenvalue weighted by atomic mass is 10.2. The molecule has 0 atom stereocenters. The van der Waals surface area contributed by atoms with Gasteiger partial charge in [0, 0.05) is 0 Å². The Hall–Kier alpha value is -2.75. The molecule has 0 saturated heterocycles. The maximum Gasteiger partial charge on any atom is 0.267 e. The zero-order valence-corrected chi connectivity index (χ0v) is 13.8. The maximum atomic E-state index is 13.2. The first-order valence-corrected chi connectivity index (χ1v) is 8.52. The molecule has 0 aliphatic rings. The number of rotatable bonds is 5. The van der Waals surface area contributed by atoms with Gasteiger partial charge in [-0.05, 0) is 31.5 Å². The molecule has 0 bridgehead atoms. The van der Waals surface area contributed by atoms with Crippen LogP contribution in [0.3, 0.4) is 0 Å². The van der Waals surface area contributed by atoms with Crippen molar-refractivity contribution in [1.29, 1.82) is 0 Å². The summed E-state index contributed by atoms with van der Waals surface area (Å²) in [5.74, 6) is -0.411. The molecule has 0 radical (unpaired) electrons. The van der Waals surface area contributed by atoms with Crippen LogP contribution in [0.2, 0.25) is 0 Å². The van der Waals surface area contributed by atoms with Crippen molar-refractivity contribution in [3.63, 3.8) is 0 Å². The van der Waals surface area contributed by atoms with E-state index in [0.717, 1.165) is 0 Å². The molecule has 2 N–H and O–H groups in total. The molecule has 24 heavy (non-hydrogen) atoms. The molecular formula is C14H15FN6O2S. The van der Waals surface area contributed by atoms with Crippen LogP contribution < -0.4 is 4.72 Å². The predicted octanol–water partition coefficient (Wildman–Crippen LogP) is 1.61. The van der Waals surface area contributed by atoms with Gasteiger partial charge in [0.25, 0.3) is 16.0 Å². The fourth-order valence-corrected chi connectivity index (χ4v) is 3.67. The van der Waals surface area contributed by atoms with Crippen LogP contribution in [-0.4, -0.2) is 33.4 Å². The molecule has 2 heterocycles. The van der Waals surface area contributed by atoms with Crippen molar-refractivity contribution in [2.24, 2.45) is 0 Å². The minimum absolute atomic E-state index is 0.0635. The number of sulfonamides is 1. The van der Waals surface area contributed by atoms with Crippen molar-refractivity contribution >= 4 is 16.0 Å². The number of H-pyrrole nitrogens is 1. The van der Waals surface area contributed by atoms with E-state index >= 15 is 0 Å². The van der Waals surface area contributed by atoms with Crippen molar-refractivity contribution in [1.82, 2.24) is 25.0 Å². The van der Waals surface area contributed by atoms with Crippen molar-refractivity contribution in [2.45, 2.75) is 25.3 Å². The Bertz CT molecular complexity index is 959. The zero-order valence-electron chi connectivity index (χ0n) is 13.0. The van der Waals surface area contributed by atoms with E-state index in [0.29, 0.717) is 17.0 Å². The lowest BCUT2D eigenvalue weighted by Crippen LogP contribution is -2.16. The number of benzene rings is 1. The predicted molar refractivity (Wildman–Crippen MR) is 84.4 cm³/mol. The SMILES string of the molecule is Cc1n[nH]c(C)c1S(=O)(=O)Nc1ncn(Cc2cccc(F)c2)n1. The fraction of sp³-hybridized carbons (Fsp3) is 0.214. The summed E-state index contributed by atoms with van der Waals surface area (Å²) in [6.07, 6.45) is 1.37. The number of hydrogen-bond donors (Lipinski definition) is 2. The number of aromatic amines is 1. The molecule has 10 heteroatoms. The summed E-state index contributed by atoms with van der Waals surface area (Å²) in [5, 5.41) is 10.5. The van der Waals surface area contributed by atoms with Gasteiger partial charge in [-0.25, -0.2) is 22.2 Å². The number of aryl methyl sites for hydroxylation is 2. The van der Waals surface area contributed by atoms with Crippen LogP contribution in [0.5, 0.6) is 0 Å². The summed E-state index contributed by atoms with van der Waals surface area (Å²) in [6, 6.07) is 6.06. The minimum Gasteiger partial charge on any atom is -0.281 e. The van der Waals surface area contributed by atoms with Gasteiger partial charge in [0.2, 0.25) is 0 Å². The largest absolute Gasteiger partial charge is 0.281 e. The van der Waals surface area contributed by atoms with Crippen molar-refractivity contribution < 1.29 is 12.8 Å². The molecule has 126 valence electrons. The monoisotopic (exact) mass is 350 g/mol. The normalized spacial score (nSPS) is 11.6. The third-order valence-corrected chi connectivity index (χ3v) is 4.92. The Kier molecular flexibility index (Phi) is 4.06. The molecule has 1 aromatic carbocycles. The van der Waals surface area contributed by atoms with Crippen LogP contribution in [0.1, 0.15) is 17.0 Å². The smallest absolute Gasteiger partial charge is 0.267 e. The highest BCUT2D eigenvalue weighted by atomic mass is 32.2. The number of nitrogens with zero attached hydrogens (tertiary/aromatic N) is 4. The minimum atomic E-state index is -3.84. The van der Waals surface area contributed by atoms with E-state index in [-0.39, 0.29) is 23.2 Å². The highest BCUT2D eigenvalue weighted by Gasteiger charge is 2.23. The molecule has 0 spiro atoms. The van der Waals surface area contributed by atoms with E-state index in [1.54, 1.807) is 26.0 Å². The summed E-state index contributed by atoms with van der Waals surface area (Å²) in [7, 11) is -3.84. The van der Waals surface area contributed by atoms with Gasteiger partial charge in [-0.3, -0.25) is 5.10 Å².